The van der Waals surface area contributed by atoms with Crippen LogP contribution in [0.5, 0.6) is 0 Å². The van der Waals surface area contributed by atoms with Crippen molar-refractivity contribution in [2.75, 3.05) is 37.6 Å². The van der Waals surface area contributed by atoms with E-state index < -0.39 is 0 Å². The molecule has 1 saturated heterocycles. The van der Waals surface area contributed by atoms with Gasteiger partial charge in [0.05, 0.1) is 11.6 Å². The van der Waals surface area contributed by atoms with Gasteiger partial charge in [-0.1, -0.05) is 0 Å². The summed E-state index contributed by atoms with van der Waals surface area (Å²) in [6, 6.07) is 0. The number of fused-ring (bicyclic) bond motifs is 1. The van der Waals surface area contributed by atoms with Crippen LogP contribution >= 0.6 is 0 Å². The molecule has 0 saturated carbocycles. The molecule has 0 radical (unpaired) electrons. The molecule has 0 unspecified atom stereocenters. The Hall–Kier alpha value is -1.73. The van der Waals surface area contributed by atoms with E-state index in [-0.39, 0.29) is 5.54 Å². The number of hydrogen-bond donors (Lipinski definition) is 1. The third-order valence-electron chi connectivity index (χ3n) is 4.44. The lowest BCUT2D eigenvalue weighted by atomic mass is 10.0. The minimum absolute atomic E-state index is 0.0569. The summed E-state index contributed by atoms with van der Waals surface area (Å²) in [7, 11) is 1.90. The molecular formula is C14H23N7. The van der Waals surface area contributed by atoms with Gasteiger partial charge in [0.15, 0.2) is 5.65 Å². The highest BCUT2D eigenvalue weighted by Gasteiger charge is 2.29. The number of nitrogens with two attached hydrogens (primary N) is 1. The first kappa shape index (κ1) is 14.2. The summed E-state index contributed by atoms with van der Waals surface area (Å²) >= 11 is 0. The number of hydrogen-bond acceptors (Lipinski definition) is 6. The van der Waals surface area contributed by atoms with Gasteiger partial charge in [-0.05, 0) is 13.8 Å². The highest BCUT2D eigenvalue weighted by atomic mass is 15.3. The van der Waals surface area contributed by atoms with E-state index in [1.807, 2.05) is 13.2 Å². The predicted molar refractivity (Wildman–Crippen MR) is 83.2 cm³/mol. The fraction of sp³-hybridized carbons (Fsp3) is 0.643. The second-order valence-corrected chi connectivity index (χ2v) is 6.19. The summed E-state index contributed by atoms with van der Waals surface area (Å²) in [5.41, 5.74) is 6.81. The molecule has 0 amide bonds. The van der Waals surface area contributed by atoms with Crippen molar-refractivity contribution < 1.29 is 0 Å². The monoisotopic (exact) mass is 289 g/mol. The molecule has 21 heavy (non-hydrogen) atoms. The van der Waals surface area contributed by atoms with Gasteiger partial charge in [-0.3, -0.25) is 9.58 Å². The molecule has 7 heteroatoms. The largest absolute Gasteiger partial charge is 0.353 e. The SMILES string of the molecule is Cn1ncc2c(N3CCN(C(C)(C)CN)CC3)ncnc21. The molecule has 0 spiro atoms. The lowest BCUT2D eigenvalue weighted by molar-refractivity contribution is 0.119. The van der Waals surface area contributed by atoms with E-state index in [2.05, 4.69) is 38.7 Å². The lowest BCUT2D eigenvalue weighted by Gasteiger charge is -2.43. The van der Waals surface area contributed by atoms with Crippen molar-refractivity contribution in [3.05, 3.63) is 12.5 Å². The number of aryl methyl sites for hydroxylation is 1. The van der Waals surface area contributed by atoms with E-state index in [4.69, 9.17) is 5.73 Å². The topological polar surface area (TPSA) is 76.1 Å². The second kappa shape index (κ2) is 5.23. The first-order chi connectivity index (χ1) is 10.0. The molecule has 1 aliphatic rings. The average molecular weight is 289 g/mol. The van der Waals surface area contributed by atoms with Crippen LogP contribution in [-0.2, 0) is 7.05 Å². The fourth-order valence-electron chi connectivity index (χ4n) is 2.85. The van der Waals surface area contributed by atoms with E-state index in [9.17, 15) is 0 Å². The van der Waals surface area contributed by atoms with Crippen molar-refractivity contribution in [2.45, 2.75) is 19.4 Å². The van der Waals surface area contributed by atoms with Crippen LogP contribution in [0.3, 0.4) is 0 Å². The van der Waals surface area contributed by atoms with Crippen molar-refractivity contribution in [2.24, 2.45) is 12.8 Å². The van der Waals surface area contributed by atoms with Gasteiger partial charge in [-0.2, -0.15) is 5.10 Å². The van der Waals surface area contributed by atoms with Crippen LogP contribution < -0.4 is 10.6 Å². The van der Waals surface area contributed by atoms with Gasteiger partial charge in [-0.15, -0.1) is 0 Å². The summed E-state index contributed by atoms with van der Waals surface area (Å²) in [4.78, 5) is 13.5. The number of aromatic nitrogens is 4. The lowest BCUT2D eigenvalue weighted by Crippen LogP contribution is -2.57. The number of anilines is 1. The minimum Gasteiger partial charge on any atom is -0.353 e. The minimum atomic E-state index is 0.0569. The molecule has 0 bridgehead atoms. The summed E-state index contributed by atoms with van der Waals surface area (Å²) in [5.74, 6) is 0.985. The summed E-state index contributed by atoms with van der Waals surface area (Å²) in [5, 5.41) is 5.30. The van der Waals surface area contributed by atoms with E-state index in [0.717, 1.165) is 43.0 Å². The third-order valence-corrected chi connectivity index (χ3v) is 4.44. The summed E-state index contributed by atoms with van der Waals surface area (Å²) in [6.45, 7) is 8.97. The van der Waals surface area contributed by atoms with Gasteiger partial charge < -0.3 is 10.6 Å². The van der Waals surface area contributed by atoms with Crippen molar-refractivity contribution in [3.8, 4) is 0 Å². The van der Waals surface area contributed by atoms with Gasteiger partial charge in [0.25, 0.3) is 0 Å². The van der Waals surface area contributed by atoms with Crippen LogP contribution in [0.15, 0.2) is 12.5 Å². The molecule has 114 valence electrons. The van der Waals surface area contributed by atoms with Crippen LogP contribution in [0.2, 0.25) is 0 Å². The second-order valence-electron chi connectivity index (χ2n) is 6.19. The van der Waals surface area contributed by atoms with Crippen molar-refractivity contribution in [1.29, 1.82) is 0 Å². The van der Waals surface area contributed by atoms with Gasteiger partial charge in [0.1, 0.15) is 12.1 Å². The quantitative estimate of drug-likeness (QED) is 0.871. The summed E-state index contributed by atoms with van der Waals surface area (Å²) < 4.78 is 1.79. The maximum atomic E-state index is 5.87. The molecule has 0 aromatic carbocycles. The maximum Gasteiger partial charge on any atom is 0.163 e. The zero-order chi connectivity index (χ0) is 15.0. The zero-order valence-electron chi connectivity index (χ0n) is 13.0. The molecule has 3 heterocycles. The highest BCUT2D eigenvalue weighted by molar-refractivity contribution is 5.86. The third kappa shape index (κ3) is 2.47. The summed E-state index contributed by atoms with van der Waals surface area (Å²) in [6.07, 6.45) is 3.47. The van der Waals surface area contributed by atoms with Gasteiger partial charge in [0, 0.05) is 45.3 Å². The number of rotatable bonds is 3. The Morgan fingerprint density at radius 1 is 1.19 bits per heavy atom. The number of piperazine rings is 1. The molecular weight excluding hydrogens is 266 g/mol. The average Bonchev–Trinajstić information content (AvgIpc) is 2.89. The van der Waals surface area contributed by atoms with Gasteiger partial charge >= 0.3 is 0 Å². The van der Waals surface area contributed by atoms with E-state index in [0.29, 0.717) is 6.54 Å². The van der Waals surface area contributed by atoms with E-state index >= 15 is 0 Å². The van der Waals surface area contributed by atoms with Crippen LogP contribution in [-0.4, -0.2) is 62.9 Å². The van der Waals surface area contributed by atoms with Crippen molar-refractivity contribution >= 4 is 16.9 Å². The van der Waals surface area contributed by atoms with Crippen LogP contribution in [0.25, 0.3) is 11.0 Å². The highest BCUT2D eigenvalue weighted by Crippen LogP contribution is 2.24. The number of nitrogens with zero attached hydrogens (tertiary/aromatic N) is 6. The first-order valence-corrected chi connectivity index (χ1v) is 7.36. The van der Waals surface area contributed by atoms with Crippen molar-refractivity contribution in [3.63, 3.8) is 0 Å². The molecule has 7 nitrogen and oxygen atoms in total. The smallest absolute Gasteiger partial charge is 0.163 e. The van der Waals surface area contributed by atoms with Crippen LogP contribution in [0.1, 0.15) is 13.8 Å². The molecule has 0 atom stereocenters. The Kier molecular flexibility index (Phi) is 3.54. The van der Waals surface area contributed by atoms with Crippen LogP contribution in [0, 0.1) is 0 Å². The molecule has 3 rings (SSSR count). The Labute approximate surface area is 124 Å². The molecule has 1 fully saturated rings. The van der Waals surface area contributed by atoms with Gasteiger partial charge in [-0.25, -0.2) is 9.97 Å². The Bertz CT molecular complexity index is 625. The van der Waals surface area contributed by atoms with Crippen LogP contribution in [0.4, 0.5) is 5.82 Å². The Morgan fingerprint density at radius 3 is 2.57 bits per heavy atom. The predicted octanol–water partition coefficient (Wildman–Crippen LogP) is 0.223. The maximum absolute atomic E-state index is 5.87. The van der Waals surface area contributed by atoms with E-state index in [1.165, 1.54) is 0 Å². The normalized spacial score (nSPS) is 17.6. The zero-order valence-corrected chi connectivity index (χ0v) is 13.0. The fourth-order valence-corrected chi connectivity index (χ4v) is 2.85. The first-order valence-electron chi connectivity index (χ1n) is 7.36. The molecule has 2 N–H and O–H groups in total. The molecule has 0 aliphatic carbocycles. The standard InChI is InChI=1S/C14H23N7/c1-14(2,9-15)21-6-4-20(5-7-21)13-11-8-18-19(3)12(11)16-10-17-13/h8,10H,4-7,9,15H2,1-3H3. The van der Waals surface area contributed by atoms with Gasteiger partial charge in [0.2, 0.25) is 0 Å². The molecule has 2 aromatic rings. The molecule has 1 aliphatic heterocycles. The van der Waals surface area contributed by atoms with Crippen molar-refractivity contribution in [1.82, 2.24) is 24.6 Å². The Balaban J connectivity index is 1.80. The Morgan fingerprint density at radius 2 is 1.90 bits per heavy atom. The molecule has 2 aromatic heterocycles. The van der Waals surface area contributed by atoms with E-state index in [1.54, 1.807) is 11.0 Å².